The monoisotopic (exact) mass is 502 g/mol. The van der Waals surface area contributed by atoms with Crippen LogP contribution < -0.4 is 16.4 Å². The molecule has 0 saturated carbocycles. The number of carbonyl (C=O) groups is 2. The number of carbonyl (C=O) groups excluding carboxylic acids is 2. The van der Waals surface area contributed by atoms with Gasteiger partial charge in [-0.15, -0.1) is 0 Å². The summed E-state index contributed by atoms with van der Waals surface area (Å²) in [6, 6.07) is 26.0. The number of aromatic nitrogens is 3. The first kappa shape index (κ1) is 23.3. The number of nitrogens with two attached hydrogens (primary N) is 1. The summed E-state index contributed by atoms with van der Waals surface area (Å²) in [5.41, 5.74) is 13.3. The van der Waals surface area contributed by atoms with Crippen LogP contribution in [0, 0.1) is 6.92 Å². The first-order chi connectivity index (χ1) is 18.4. The molecule has 6 aromatic rings. The standard InChI is InChI=1S/C30H26N6O2/c1-17-10-13-22-24(14-17)35-30(34-22)21-7-5-9-26-28(21)20-6-3-4-8-25(20)36(26)18-11-12-19(29(31)38)23(15-18)33-16-27(37)32-2/h3-15,33H,16H2,1-2H3,(H2,31,38)(H,32,37)(H,34,35). The molecule has 0 bridgehead atoms. The van der Waals surface area contributed by atoms with Crippen molar-refractivity contribution in [2.45, 2.75) is 6.92 Å². The minimum atomic E-state index is -0.569. The molecule has 8 heteroatoms. The smallest absolute Gasteiger partial charge is 0.250 e. The molecule has 0 aliphatic heterocycles. The topological polar surface area (TPSA) is 118 Å². The number of benzene rings is 4. The average molecular weight is 503 g/mol. The van der Waals surface area contributed by atoms with E-state index in [-0.39, 0.29) is 12.5 Å². The lowest BCUT2D eigenvalue weighted by Crippen LogP contribution is -2.27. The minimum Gasteiger partial charge on any atom is -0.375 e. The Labute approximate surface area is 218 Å². The highest BCUT2D eigenvalue weighted by atomic mass is 16.2. The van der Waals surface area contributed by atoms with Crippen LogP contribution in [0.3, 0.4) is 0 Å². The highest BCUT2D eigenvalue weighted by Crippen LogP contribution is 2.38. The van der Waals surface area contributed by atoms with E-state index in [1.54, 1.807) is 13.1 Å². The van der Waals surface area contributed by atoms with Crippen molar-refractivity contribution in [3.63, 3.8) is 0 Å². The maximum atomic E-state index is 12.1. The van der Waals surface area contributed by atoms with Crippen LogP contribution in [0.1, 0.15) is 15.9 Å². The van der Waals surface area contributed by atoms with E-state index >= 15 is 0 Å². The lowest BCUT2D eigenvalue weighted by atomic mass is 10.1. The lowest BCUT2D eigenvalue weighted by Gasteiger charge is -2.14. The average Bonchev–Trinajstić information content (AvgIpc) is 3.50. The van der Waals surface area contributed by atoms with E-state index in [2.05, 4.69) is 63.5 Å². The Kier molecular flexibility index (Phi) is 5.57. The number of likely N-dealkylation sites (N-methyl/N-ethyl adjacent to an activating group) is 1. The molecular weight excluding hydrogens is 476 g/mol. The summed E-state index contributed by atoms with van der Waals surface area (Å²) < 4.78 is 2.15. The van der Waals surface area contributed by atoms with E-state index in [9.17, 15) is 9.59 Å². The zero-order valence-corrected chi connectivity index (χ0v) is 21.0. The fourth-order valence-electron chi connectivity index (χ4n) is 5.04. The number of para-hydroxylation sites is 1. The van der Waals surface area contributed by atoms with Crippen molar-refractivity contribution in [2.24, 2.45) is 5.73 Å². The van der Waals surface area contributed by atoms with Gasteiger partial charge >= 0.3 is 0 Å². The van der Waals surface area contributed by atoms with Crippen LogP contribution in [0.25, 0.3) is 49.9 Å². The maximum Gasteiger partial charge on any atom is 0.250 e. The Morgan fingerprint density at radius 2 is 1.79 bits per heavy atom. The Morgan fingerprint density at radius 3 is 2.61 bits per heavy atom. The van der Waals surface area contributed by atoms with Gasteiger partial charge in [0.15, 0.2) is 0 Å². The molecule has 2 heterocycles. The number of fused-ring (bicyclic) bond motifs is 4. The number of rotatable bonds is 6. The van der Waals surface area contributed by atoms with Gasteiger partial charge in [0, 0.05) is 34.8 Å². The van der Waals surface area contributed by atoms with Gasteiger partial charge in [0.2, 0.25) is 5.91 Å². The molecule has 0 aliphatic carbocycles. The van der Waals surface area contributed by atoms with Crippen LogP contribution in [0.5, 0.6) is 0 Å². The molecule has 0 spiro atoms. The highest BCUT2D eigenvalue weighted by molar-refractivity contribution is 6.15. The van der Waals surface area contributed by atoms with Gasteiger partial charge in [0.1, 0.15) is 5.82 Å². The minimum absolute atomic E-state index is 0.0169. The molecule has 0 atom stereocenters. The largest absolute Gasteiger partial charge is 0.375 e. The molecule has 0 fully saturated rings. The Morgan fingerprint density at radius 1 is 0.974 bits per heavy atom. The van der Waals surface area contributed by atoms with Gasteiger partial charge in [0.05, 0.1) is 34.2 Å². The molecule has 4 aromatic carbocycles. The van der Waals surface area contributed by atoms with Crippen LogP contribution in [-0.2, 0) is 4.79 Å². The molecule has 6 rings (SSSR count). The second-order valence-electron chi connectivity index (χ2n) is 9.28. The van der Waals surface area contributed by atoms with Gasteiger partial charge in [-0.2, -0.15) is 0 Å². The van der Waals surface area contributed by atoms with Crippen molar-refractivity contribution in [1.29, 1.82) is 0 Å². The van der Waals surface area contributed by atoms with Crippen LogP contribution in [-0.4, -0.2) is 39.9 Å². The number of nitrogens with zero attached hydrogens (tertiary/aromatic N) is 2. The Bertz CT molecular complexity index is 1880. The summed E-state index contributed by atoms with van der Waals surface area (Å²) >= 11 is 0. The van der Waals surface area contributed by atoms with E-state index in [0.29, 0.717) is 11.3 Å². The summed E-state index contributed by atoms with van der Waals surface area (Å²) in [6.07, 6.45) is 0. The quantitative estimate of drug-likeness (QED) is 0.259. The van der Waals surface area contributed by atoms with E-state index in [1.807, 2.05) is 36.4 Å². The fourth-order valence-corrected chi connectivity index (χ4v) is 5.04. The zero-order valence-electron chi connectivity index (χ0n) is 21.0. The summed E-state index contributed by atoms with van der Waals surface area (Å²) in [4.78, 5) is 32.4. The number of H-pyrrole nitrogens is 1. The first-order valence-corrected chi connectivity index (χ1v) is 12.3. The summed E-state index contributed by atoms with van der Waals surface area (Å²) in [5.74, 6) is 0.0325. The third kappa shape index (κ3) is 3.83. The molecule has 38 heavy (non-hydrogen) atoms. The van der Waals surface area contributed by atoms with Crippen LogP contribution in [0.4, 0.5) is 5.69 Å². The number of hydrogen-bond donors (Lipinski definition) is 4. The van der Waals surface area contributed by atoms with Gasteiger partial charge in [0.25, 0.3) is 5.91 Å². The van der Waals surface area contributed by atoms with Gasteiger partial charge in [-0.1, -0.05) is 36.4 Å². The van der Waals surface area contributed by atoms with Crippen LogP contribution >= 0.6 is 0 Å². The second-order valence-corrected chi connectivity index (χ2v) is 9.28. The van der Waals surface area contributed by atoms with Crippen molar-refractivity contribution in [2.75, 3.05) is 18.9 Å². The number of hydrogen-bond acceptors (Lipinski definition) is 4. The number of amides is 2. The molecular formula is C30H26N6O2. The molecule has 2 aromatic heterocycles. The molecule has 0 unspecified atom stereocenters. The lowest BCUT2D eigenvalue weighted by molar-refractivity contribution is -0.118. The molecule has 188 valence electrons. The summed E-state index contributed by atoms with van der Waals surface area (Å²) in [7, 11) is 1.56. The van der Waals surface area contributed by atoms with E-state index in [0.717, 1.165) is 49.9 Å². The van der Waals surface area contributed by atoms with Crippen LogP contribution in [0.2, 0.25) is 0 Å². The van der Waals surface area contributed by atoms with E-state index in [1.165, 1.54) is 5.56 Å². The third-order valence-electron chi connectivity index (χ3n) is 6.84. The second kappa shape index (κ2) is 9.08. The predicted octanol–water partition coefficient (Wildman–Crippen LogP) is 4.89. The zero-order chi connectivity index (χ0) is 26.4. The van der Waals surface area contributed by atoms with Crippen molar-refractivity contribution in [1.82, 2.24) is 19.9 Å². The summed E-state index contributed by atoms with van der Waals surface area (Å²) in [6.45, 7) is 2.08. The molecule has 0 radical (unpaired) electrons. The number of primary amides is 1. The Balaban J connectivity index is 1.58. The van der Waals surface area contributed by atoms with Crippen molar-refractivity contribution < 1.29 is 9.59 Å². The SMILES string of the molecule is CNC(=O)CNc1cc(-n2c3ccccc3c3c(-c4nc5ccc(C)cc5[nH]4)cccc32)ccc1C(N)=O. The van der Waals surface area contributed by atoms with Crippen LogP contribution in [0.15, 0.2) is 78.9 Å². The Hall–Kier alpha value is -5.11. The van der Waals surface area contributed by atoms with Gasteiger partial charge in [-0.25, -0.2) is 4.98 Å². The van der Waals surface area contributed by atoms with Crippen molar-refractivity contribution in [3.05, 3.63) is 90.0 Å². The maximum absolute atomic E-state index is 12.1. The molecule has 8 nitrogen and oxygen atoms in total. The van der Waals surface area contributed by atoms with Crippen molar-refractivity contribution >= 4 is 50.3 Å². The molecule has 0 aliphatic rings. The summed E-state index contributed by atoms with van der Waals surface area (Å²) in [5, 5.41) is 7.78. The molecule has 5 N–H and O–H groups in total. The fraction of sp³-hybridized carbons (Fsp3) is 0.100. The number of aryl methyl sites for hydroxylation is 1. The number of nitrogens with one attached hydrogen (secondary N) is 3. The van der Waals surface area contributed by atoms with E-state index in [4.69, 9.17) is 10.7 Å². The predicted molar refractivity (Wildman–Crippen MR) is 152 cm³/mol. The molecule has 0 saturated heterocycles. The first-order valence-electron chi connectivity index (χ1n) is 12.3. The van der Waals surface area contributed by atoms with Gasteiger partial charge < -0.3 is 25.9 Å². The number of aromatic amines is 1. The van der Waals surface area contributed by atoms with Crippen molar-refractivity contribution in [3.8, 4) is 17.1 Å². The number of imidazole rings is 1. The van der Waals surface area contributed by atoms with Gasteiger partial charge in [-0.3, -0.25) is 9.59 Å². The van der Waals surface area contributed by atoms with E-state index < -0.39 is 5.91 Å². The molecule has 2 amide bonds. The highest BCUT2D eigenvalue weighted by Gasteiger charge is 2.19. The normalized spacial score (nSPS) is 11.3. The van der Waals surface area contributed by atoms with Gasteiger partial charge in [-0.05, 0) is 55.0 Å². The third-order valence-corrected chi connectivity index (χ3v) is 6.84. The number of anilines is 1.